The Morgan fingerprint density at radius 1 is 1.00 bits per heavy atom. The quantitative estimate of drug-likeness (QED) is 0.858. The summed E-state index contributed by atoms with van der Waals surface area (Å²) in [5.74, 6) is 0.900. The van der Waals surface area contributed by atoms with E-state index < -0.39 is 0 Å². The highest BCUT2D eigenvalue weighted by Crippen LogP contribution is 2.41. The first kappa shape index (κ1) is 16.5. The standard InChI is InChI=1S/C20H27N5/c1-2-17-13-22-19(23-14-17)25-10-6-20(7-11-25)5-9-24(16-20)15-18-4-3-8-21-12-18/h3-4,8,12-14H,2,5-7,9-11,15-16H2,1H3. The Kier molecular flexibility index (Phi) is 4.66. The van der Waals surface area contributed by atoms with E-state index in [1.165, 1.54) is 43.5 Å². The van der Waals surface area contributed by atoms with Gasteiger partial charge >= 0.3 is 0 Å². The normalized spacial score (nSPS) is 20.3. The highest BCUT2D eigenvalue weighted by atomic mass is 15.3. The van der Waals surface area contributed by atoms with E-state index in [-0.39, 0.29) is 0 Å². The molecule has 4 heterocycles. The molecule has 0 radical (unpaired) electrons. The van der Waals surface area contributed by atoms with Crippen LogP contribution in [0.4, 0.5) is 5.95 Å². The molecule has 2 aliphatic heterocycles. The Hall–Kier alpha value is -2.01. The zero-order valence-corrected chi connectivity index (χ0v) is 15.1. The molecule has 2 fully saturated rings. The number of hydrogen-bond donors (Lipinski definition) is 0. The fraction of sp³-hybridized carbons (Fsp3) is 0.550. The van der Waals surface area contributed by atoms with Crippen molar-refractivity contribution in [2.75, 3.05) is 31.1 Å². The summed E-state index contributed by atoms with van der Waals surface area (Å²) in [6.07, 6.45) is 12.6. The van der Waals surface area contributed by atoms with Crippen LogP contribution in [0.1, 0.15) is 37.3 Å². The summed E-state index contributed by atoms with van der Waals surface area (Å²) in [6.45, 7) is 7.74. The van der Waals surface area contributed by atoms with Crippen LogP contribution >= 0.6 is 0 Å². The number of aryl methyl sites for hydroxylation is 1. The summed E-state index contributed by atoms with van der Waals surface area (Å²) in [5, 5.41) is 0. The number of nitrogens with zero attached hydrogens (tertiary/aromatic N) is 5. The lowest BCUT2D eigenvalue weighted by Crippen LogP contribution is -2.42. The van der Waals surface area contributed by atoms with Crippen molar-refractivity contribution < 1.29 is 0 Å². The minimum Gasteiger partial charge on any atom is -0.341 e. The minimum absolute atomic E-state index is 0.488. The molecule has 0 atom stereocenters. The van der Waals surface area contributed by atoms with Gasteiger partial charge in [0.1, 0.15) is 0 Å². The zero-order chi connectivity index (χ0) is 17.1. The molecule has 2 aliphatic rings. The molecule has 132 valence electrons. The average Bonchev–Trinajstić information content (AvgIpc) is 3.05. The Bertz CT molecular complexity index is 677. The molecule has 0 saturated carbocycles. The Labute approximate surface area is 150 Å². The lowest BCUT2D eigenvalue weighted by atomic mass is 9.78. The van der Waals surface area contributed by atoms with Gasteiger partial charge in [0, 0.05) is 51.0 Å². The number of anilines is 1. The van der Waals surface area contributed by atoms with Gasteiger partial charge in [-0.25, -0.2) is 9.97 Å². The summed E-state index contributed by atoms with van der Waals surface area (Å²) in [6, 6.07) is 4.21. The van der Waals surface area contributed by atoms with Gasteiger partial charge in [0.25, 0.3) is 0 Å². The maximum atomic E-state index is 4.56. The highest BCUT2D eigenvalue weighted by Gasteiger charge is 2.40. The van der Waals surface area contributed by atoms with Crippen molar-refractivity contribution in [2.24, 2.45) is 5.41 Å². The molecule has 0 bridgehead atoms. The molecule has 0 unspecified atom stereocenters. The van der Waals surface area contributed by atoms with Crippen molar-refractivity contribution >= 4 is 5.95 Å². The van der Waals surface area contributed by atoms with E-state index in [0.29, 0.717) is 5.41 Å². The van der Waals surface area contributed by atoms with Gasteiger partial charge in [-0.1, -0.05) is 13.0 Å². The molecule has 2 aromatic rings. The Morgan fingerprint density at radius 3 is 2.44 bits per heavy atom. The van der Waals surface area contributed by atoms with Gasteiger partial charge in [-0.15, -0.1) is 0 Å². The third-order valence-electron chi connectivity index (χ3n) is 5.85. The lowest BCUT2D eigenvalue weighted by molar-refractivity contribution is 0.205. The van der Waals surface area contributed by atoms with Crippen LogP contribution in [0.15, 0.2) is 36.9 Å². The molecule has 0 N–H and O–H groups in total. The number of rotatable bonds is 4. The molecule has 2 aromatic heterocycles. The summed E-state index contributed by atoms with van der Waals surface area (Å²) < 4.78 is 0. The van der Waals surface area contributed by atoms with Crippen LogP contribution in [0.5, 0.6) is 0 Å². The molecular weight excluding hydrogens is 310 g/mol. The number of hydrogen-bond acceptors (Lipinski definition) is 5. The first-order chi connectivity index (χ1) is 12.3. The second kappa shape index (κ2) is 7.08. The van der Waals surface area contributed by atoms with Crippen LogP contribution < -0.4 is 4.90 Å². The van der Waals surface area contributed by atoms with Gasteiger partial charge in [0.2, 0.25) is 5.95 Å². The van der Waals surface area contributed by atoms with Crippen LogP contribution in [0.25, 0.3) is 0 Å². The van der Waals surface area contributed by atoms with Crippen molar-refractivity contribution in [3.63, 3.8) is 0 Å². The topological polar surface area (TPSA) is 45.2 Å². The van der Waals surface area contributed by atoms with E-state index in [1.807, 2.05) is 30.9 Å². The van der Waals surface area contributed by atoms with Crippen LogP contribution in [-0.4, -0.2) is 46.0 Å². The molecule has 0 aromatic carbocycles. The summed E-state index contributed by atoms with van der Waals surface area (Å²) >= 11 is 0. The zero-order valence-electron chi connectivity index (χ0n) is 15.1. The van der Waals surface area contributed by atoms with Gasteiger partial charge in [-0.2, -0.15) is 0 Å². The smallest absolute Gasteiger partial charge is 0.225 e. The molecular formula is C20H27N5. The highest BCUT2D eigenvalue weighted by molar-refractivity contribution is 5.31. The maximum absolute atomic E-state index is 4.56. The number of likely N-dealkylation sites (tertiary alicyclic amines) is 1. The third-order valence-corrected chi connectivity index (χ3v) is 5.85. The molecule has 5 nitrogen and oxygen atoms in total. The maximum Gasteiger partial charge on any atom is 0.225 e. The number of pyridine rings is 1. The van der Waals surface area contributed by atoms with Crippen LogP contribution in [-0.2, 0) is 13.0 Å². The predicted octanol–water partition coefficient (Wildman–Crippen LogP) is 2.93. The van der Waals surface area contributed by atoms with Gasteiger partial charge in [-0.3, -0.25) is 9.88 Å². The second-order valence-electron chi connectivity index (χ2n) is 7.55. The summed E-state index contributed by atoms with van der Waals surface area (Å²) in [5.41, 5.74) is 3.02. The summed E-state index contributed by atoms with van der Waals surface area (Å²) in [4.78, 5) is 18.3. The Morgan fingerprint density at radius 2 is 1.76 bits per heavy atom. The van der Waals surface area contributed by atoms with Crippen molar-refractivity contribution in [3.05, 3.63) is 48.0 Å². The number of piperidine rings is 1. The molecule has 1 spiro atoms. The molecule has 2 saturated heterocycles. The van der Waals surface area contributed by atoms with Gasteiger partial charge < -0.3 is 4.90 Å². The van der Waals surface area contributed by atoms with E-state index in [1.54, 1.807) is 0 Å². The van der Waals surface area contributed by atoms with E-state index in [9.17, 15) is 0 Å². The molecule has 0 amide bonds. The van der Waals surface area contributed by atoms with Gasteiger partial charge in [0.05, 0.1) is 0 Å². The van der Waals surface area contributed by atoms with Crippen molar-refractivity contribution in [1.82, 2.24) is 19.9 Å². The first-order valence-electron chi connectivity index (χ1n) is 9.43. The van der Waals surface area contributed by atoms with Crippen molar-refractivity contribution in [1.29, 1.82) is 0 Å². The monoisotopic (exact) mass is 337 g/mol. The fourth-order valence-electron chi connectivity index (χ4n) is 4.20. The van der Waals surface area contributed by atoms with Crippen LogP contribution in [0, 0.1) is 5.41 Å². The fourth-order valence-corrected chi connectivity index (χ4v) is 4.20. The minimum atomic E-state index is 0.488. The van der Waals surface area contributed by atoms with Gasteiger partial charge in [-0.05, 0) is 54.8 Å². The van der Waals surface area contributed by atoms with Crippen LogP contribution in [0.3, 0.4) is 0 Å². The molecule has 25 heavy (non-hydrogen) atoms. The van der Waals surface area contributed by atoms with E-state index >= 15 is 0 Å². The molecule has 5 heteroatoms. The molecule has 0 aliphatic carbocycles. The lowest BCUT2D eigenvalue weighted by Gasteiger charge is -2.39. The van der Waals surface area contributed by atoms with Crippen LogP contribution in [0.2, 0.25) is 0 Å². The van der Waals surface area contributed by atoms with E-state index in [0.717, 1.165) is 32.0 Å². The predicted molar refractivity (Wildman–Crippen MR) is 99.4 cm³/mol. The van der Waals surface area contributed by atoms with Crippen molar-refractivity contribution in [2.45, 2.75) is 39.2 Å². The largest absolute Gasteiger partial charge is 0.341 e. The Balaban J connectivity index is 1.33. The van der Waals surface area contributed by atoms with E-state index in [2.05, 4.69) is 37.7 Å². The average molecular weight is 337 g/mol. The van der Waals surface area contributed by atoms with E-state index in [4.69, 9.17) is 0 Å². The van der Waals surface area contributed by atoms with Crippen molar-refractivity contribution in [3.8, 4) is 0 Å². The first-order valence-corrected chi connectivity index (χ1v) is 9.43. The molecule has 4 rings (SSSR count). The second-order valence-corrected chi connectivity index (χ2v) is 7.55. The third kappa shape index (κ3) is 3.66. The van der Waals surface area contributed by atoms with Gasteiger partial charge in [0.15, 0.2) is 0 Å². The SMILES string of the molecule is CCc1cnc(N2CCC3(CCN(Cc4cccnc4)C3)CC2)nc1. The number of aromatic nitrogens is 3. The summed E-state index contributed by atoms with van der Waals surface area (Å²) in [7, 11) is 0.